The van der Waals surface area contributed by atoms with Gasteiger partial charge < -0.3 is 25.3 Å². The molecular weight excluding hydrogens is 486 g/mol. The number of furan rings is 1. The standard InChI is InChI=1S/C25H31N3O9/c1-3-5-6-7-17(19(4-2)28(36)14-29)22(30)26-13-27-23(31)21-11-10-20(37-21)15-8-9-16(24(32)33)18(12-15)25(34)35/h8-12,14,17,19,36H,3-7,13H2,1-2H3,(H,26,30)(H,27,31)(H,32,33)(H,34,35). The molecule has 12 nitrogen and oxygen atoms in total. The number of unbranched alkanes of at least 4 members (excludes halogenated alkanes) is 2. The van der Waals surface area contributed by atoms with E-state index in [1.807, 2.05) is 6.92 Å². The van der Waals surface area contributed by atoms with Crippen molar-refractivity contribution in [1.82, 2.24) is 15.7 Å². The third-order valence-corrected chi connectivity index (χ3v) is 5.89. The minimum absolute atomic E-state index is 0.114. The van der Waals surface area contributed by atoms with Crippen molar-refractivity contribution in [3.63, 3.8) is 0 Å². The molecule has 1 heterocycles. The Bertz CT molecular complexity index is 1130. The van der Waals surface area contributed by atoms with E-state index in [0.29, 0.717) is 17.9 Å². The first-order valence-corrected chi connectivity index (χ1v) is 11.8. The van der Waals surface area contributed by atoms with Crippen LogP contribution in [-0.2, 0) is 9.59 Å². The second-order valence-corrected chi connectivity index (χ2v) is 8.32. The zero-order valence-corrected chi connectivity index (χ0v) is 20.6. The third kappa shape index (κ3) is 7.64. The molecule has 200 valence electrons. The summed E-state index contributed by atoms with van der Waals surface area (Å²) < 4.78 is 5.49. The van der Waals surface area contributed by atoms with Gasteiger partial charge in [0, 0.05) is 5.56 Å². The van der Waals surface area contributed by atoms with Crippen LogP contribution in [0.4, 0.5) is 0 Å². The zero-order chi connectivity index (χ0) is 27.5. The normalized spacial score (nSPS) is 12.3. The number of hydroxylamine groups is 2. The van der Waals surface area contributed by atoms with Crippen molar-refractivity contribution in [2.24, 2.45) is 5.92 Å². The van der Waals surface area contributed by atoms with Crippen molar-refractivity contribution in [2.45, 2.75) is 52.0 Å². The molecule has 0 saturated carbocycles. The molecule has 3 amide bonds. The lowest BCUT2D eigenvalue weighted by atomic mass is 9.90. The summed E-state index contributed by atoms with van der Waals surface area (Å²) in [5, 5.41) is 33.9. The van der Waals surface area contributed by atoms with Gasteiger partial charge in [-0.1, -0.05) is 39.2 Å². The molecule has 0 saturated heterocycles. The molecule has 0 fully saturated rings. The molecule has 1 aromatic heterocycles. The van der Waals surface area contributed by atoms with E-state index in [4.69, 9.17) is 9.52 Å². The number of amides is 3. The minimum Gasteiger partial charge on any atom is -0.478 e. The number of hydrogen-bond acceptors (Lipinski definition) is 7. The van der Waals surface area contributed by atoms with Gasteiger partial charge >= 0.3 is 11.9 Å². The molecular formula is C25H31N3O9. The number of benzene rings is 1. The molecule has 2 atom stereocenters. The highest BCUT2D eigenvalue weighted by molar-refractivity contribution is 6.02. The Hall–Kier alpha value is -4.19. The van der Waals surface area contributed by atoms with Crippen LogP contribution in [0, 0.1) is 5.92 Å². The first-order chi connectivity index (χ1) is 17.6. The third-order valence-electron chi connectivity index (χ3n) is 5.89. The second-order valence-electron chi connectivity index (χ2n) is 8.32. The molecule has 2 rings (SSSR count). The van der Waals surface area contributed by atoms with E-state index in [1.165, 1.54) is 18.2 Å². The smallest absolute Gasteiger partial charge is 0.336 e. The molecule has 0 bridgehead atoms. The predicted octanol–water partition coefficient (Wildman–Crippen LogP) is 2.97. The van der Waals surface area contributed by atoms with Gasteiger partial charge in [-0.2, -0.15) is 0 Å². The summed E-state index contributed by atoms with van der Waals surface area (Å²) in [5.41, 5.74) is -0.545. The topological polar surface area (TPSA) is 186 Å². The Balaban J connectivity index is 2.05. The van der Waals surface area contributed by atoms with Gasteiger partial charge in [0.05, 0.1) is 29.8 Å². The molecule has 12 heteroatoms. The van der Waals surface area contributed by atoms with E-state index in [-0.39, 0.29) is 35.7 Å². The highest BCUT2D eigenvalue weighted by Crippen LogP contribution is 2.25. The van der Waals surface area contributed by atoms with E-state index in [2.05, 4.69) is 10.6 Å². The molecule has 0 radical (unpaired) electrons. The average molecular weight is 518 g/mol. The number of hydrogen-bond donors (Lipinski definition) is 5. The molecule has 0 aliphatic heterocycles. The van der Waals surface area contributed by atoms with Crippen LogP contribution in [0.25, 0.3) is 11.3 Å². The summed E-state index contributed by atoms with van der Waals surface area (Å²) in [6.45, 7) is 3.53. The van der Waals surface area contributed by atoms with Crippen molar-refractivity contribution >= 4 is 30.2 Å². The van der Waals surface area contributed by atoms with Crippen molar-refractivity contribution in [3.8, 4) is 11.3 Å². The summed E-state index contributed by atoms with van der Waals surface area (Å²) in [5.74, 6) is -4.53. The first kappa shape index (κ1) is 29.0. The SMILES string of the molecule is CCCCCC(C(=O)NCNC(=O)c1ccc(-c2ccc(C(=O)O)c(C(=O)O)c2)o1)C(CC)N(O)C=O. The lowest BCUT2D eigenvalue weighted by Crippen LogP contribution is -2.47. The quantitative estimate of drug-likeness (QED) is 0.0778. The highest BCUT2D eigenvalue weighted by Gasteiger charge is 2.30. The van der Waals surface area contributed by atoms with Gasteiger partial charge in [0.15, 0.2) is 5.76 Å². The van der Waals surface area contributed by atoms with Gasteiger partial charge in [-0.05, 0) is 37.1 Å². The minimum atomic E-state index is -1.42. The lowest BCUT2D eigenvalue weighted by molar-refractivity contribution is -0.168. The predicted molar refractivity (Wildman–Crippen MR) is 130 cm³/mol. The fourth-order valence-corrected chi connectivity index (χ4v) is 3.95. The van der Waals surface area contributed by atoms with Gasteiger partial charge in [0.25, 0.3) is 5.91 Å². The van der Waals surface area contributed by atoms with E-state index < -0.39 is 41.3 Å². The van der Waals surface area contributed by atoms with Crippen molar-refractivity contribution < 1.29 is 43.8 Å². The summed E-state index contributed by atoms with van der Waals surface area (Å²) in [6, 6.07) is 5.72. The Labute approximate surface area is 213 Å². The van der Waals surface area contributed by atoms with Gasteiger partial charge in [0.2, 0.25) is 12.3 Å². The molecule has 2 aromatic rings. The van der Waals surface area contributed by atoms with Gasteiger partial charge in [-0.15, -0.1) is 0 Å². The number of rotatable bonds is 15. The van der Waals surface area contributed by atoms with Crippen molar-refractivity contribution in [1.29, 1.82) is 0 Å². The molecule has 0 aliphatic carbocycles. The molecule has 5 N–H and O–H groups in total. The maximum absolute atomic E-state index is 12.8. The lowest BCUT2D eigenvalue weighted by Gasteiger charge is -2.29. The number of aromatic carboxylic acids is 2. The molecule has 0 spiro atoms. The highest BCUT2D eigenvalue weighted by atomic mass is 16.5. The van der Waals surface area contributed by atoms with Crippen LogP contribution in [0.15, 0.2) is 34.7 Å². The largest absolute Gasteiger partial charge is 0.478 e. The van der Waals surface area contributed by atoms with Crippen LogP contribution in [0.3, 0.4) is 0 Å². The van der Waals surface area contributed by atoms with Gasteiger partial charge in [0.1, 0.15) is 5.76 Å². The first-order valence-electron chi connectivity index (χ1n) is 11.8. The summed E-state index contributed by atoms with van der Waals surface area (Å²) in [4.78, 5) is 59.0. The second kappa shape index (κ2) is 13.8. The number of carbonyl (C=O) groups excluding carboxylic acids is 3. The monoisotopic (exact) mass is 517 g/mol. The van der Waals surface area contributed by atoms with Crippen LogP contribution in [0.1, 0.15) is 77.2 Å². The van der Waals surface area contributed by atoms with Crippen LogP contribution in [-0.4, -0.2) is 63.4 Å². The van der Waals surface area contributed by atoms with Crippen LogP contribution >= 0.6 is 0 Å². The number of carboxylic acid groups (broad SMARTS) is 2. The van der Waals surface area contributed by atoms with E-state index in [9.17, 15) is 34.3 Å². The van der Waals surface area contributed by atoms with Crippen LogP contribution in [0.5, 0.6) is 0 Å². The van der Waals surface area contributed by atoms with Crippen LogP contribution < -0.4 is 10.6 Å². The van der Waals surface area contributed by atoms with E-state index in [0.717, 1.165) is 31.4 Å². The van der Waals surface area contributed by atoms with E-state index >= 15 is 0 Å². The average Bonchev–Trinajstić information content (AvgIpc) is 3.38. The summed E-state index contributed by atoms with van der Waals surface area (Å²) in [7, 11) is 0. The maximum atomic E-state index is 12.8. The molecule has 37 heavy (non-hydrogen) atoms. The number of nitrogens with one attached hydrogen (secondary N) is 2. The molecule has 0 aliphatic rings. The fourth-order valence-electron chi connectivity index (χ4n) is 3.95. The molecule has 2 unspecified atom stereocenters. The number of carbonyl (C=O) groups is 5. The summed E-state index contributed by atoms with van der Waals surface area (Å²) >= 11 is 0. The Morgan fingerprint density at radius 1 is 1.00 bits per heavy atom. The van der Waals surface area contributed by atoms with Crippen LogP contribution in [0.2, 0.25) is 0 Å². The summed E-state index contributed by atoms with van der Waals surface area (Å²) in [6.07, 6.45) is 3.63. The van der Waals surface area contributed by atoms with Gasteiger partial charge in [-0.25, -0.2) is 14.7 Å². The molecule has 1 aromatic carbocycles. The zero-order valence-electron chi connectivity index (χ0n) is 20.6. The number of carboxylic acids is 2. The maximum Gasteiger partial charge on any atom is 0.336 e. The van der Waals surface area contributed by atoms with Crippen molar-refractivity contribution in [3.05, 3.63) is 47.2 Å². The van der Waals surface area contributed by atoms with Gasteiger partial charge in [-0.3, -0.25) is 19.6 Å². The fraction of sp³-hybridized carbons (Fsp3) is 0.400. The van der Waals surface area contributed by atoms with E-state index in [1.54, 1.807) is 6.92 Å². The number of nitrogens with zero attached hydrogens (tertiary/aromatic N) is 1. The van der Waals surface area contributed by atoms with Crippen molar-refractivity contribution in [2.75, 3.05) is 6.67 Å². The Morgan fingerprint density at radius 2 is 1.70 bits per heavy atom. The Kier molecular flexibility index (Phi) is 10.8. The Morgan fingerprint density at radius 3 is 2.30 bits per heavy atom.